The molecule has 3 aromatic rings. The molecule has 0 radical (unpaired) electrons. The van der Waals surface area contributed by atoms with Crippen LogP contribution in [0.3, 0.4) is 0 Å². The highest BCUT2D eigenvalue weighted by Crippen LogP contribution is 2.24. The molecule has 0 aliphatic heterocycles. The van der Waals surface area contributed by atoms with Crippen molar-refractivity contribution in [2.45, 2.75) is 19.9 Å². The van der Waals surface area contributed by atoms with Crippen LogP contribution in [0.15, 0.2) is 72.8 Å². The van der Waals surface area contributed by atoms with Gasteiger partial charge in [-0.15, -0.1) is 0 Å². The Morgan fingerprint density at radius 1 is 0.969 bits per heavy atom. The van der Waals surface area contributed by atoms with Crippen LogP contribution in [0.2, 0.25) is 5.02 Å². The Kier molecular flexibility index (Phi) is 7.63. The van der Waals surface area contributed by atoms with Gasteiger partial charge in [0.2, 0.25) is 5.91 Å². The lowest BCUT2D eigenvalue weighted by atomic mass is 10.0. The Morgan fingerprint density at radius 3 is 2.31 bits per heavy atom. The van der Waals surface area contributed by atoms with Crippen molar-refractivity contribution in [3.8, 4) is 5.75 Å². The summed E-state index contributed by atoms with van der Waals surface area (Å²) in [5.74, 6) is -0.501. The van der Waals surface area contributed by atoms with Gasteiger partial charge in [-0.1, -0.05) is 54.1 Å². The minimum Gasteiger partial charge on any atom is -0.485 e. The SMILES string of the molecule is CC(=O)NC(C)c1ccc(C(=O)COc2ccc(Cl)cc2C(=O)Nc2ccccc2)cc1. The van der Waals surface area contributed by atoms with Crippen molar-refractivity contribution in [3.63, 3.8) is 0 Å². The molecule has 0 aliphatic rings. The molecule has 164 valence electrons. The summed E-state index contributed by atoms with van der Waals surface area (Å²) in [5, 5.41) is 5.96. The van der Waals surface area contributed by atoms with Crippen LogP contribution in [0, 0.1) is 0 Å². The summed E-state index contributed by atoms with van der Waals surface area (Å²) in [6.07, 6.45) is 0. The van der Waals surface area contributed by atoms with E-state index in [-0.39, 0.29) is 35.7 Å². The van der Waals surface area contributed by atoms with E-state index in [0.29, 0.717) is 16.3 Å². The summed E-state index contributed by atoms with van der Waals surface area (Å²) in [6.45, 7) is 3.08. The number of hydrogen-bond acceptors (Lipinski definition) is 4. The number of halogens is 1. The Morgan fingerprint density at radius 2 is 1.66 bits per heavy atom. The van der Waals surface area contributed by atoms with Crippen LogP contribution >= 0.6 is 11.6 Å². The zero-order valence-electron chi connectivity index (χ0n) is 17.7. The molecule has 1 atom stereocenters. The fourth-order valence-electron chi connectivity index (χ4n) is 3.10. The van der Waals surface area contributed by atoms with Gasteiger partial charge in [0.15, 0.2) is 12.4 Å². The number of benzene rings is 3. The Bertz CT molecular complexity index is 1110. The number of hydrogen-bond donors (Lipinski definition) is 2. The molecule has 3 aromatic carbocycles. The summed E-state index contributed by atoms with van der Waals surface area (Å²) in [5.41, 5.74) is 2.21. The first kappa shape index (κ1) is 23.0. The fraction of sp³-hybridized carbons (Fsp3) is 0.160. The van der Waals surface area contributed by atoms with Gasteiger partial charge < -0.3 is 15.4 Å². The molecule has 2 amide bonds. The van der Waals surface area contributed by atoms with E-state index < -0.39 is 5.91 Å². The summed E-state index contributed by atoms with van der Waals surface area (Å²) in [7, 11) is 0. The third-order valence-corrected chi connectivity index (χ3v) is 4.96. The summed E-state index contributed by atoms with van der Waals surface area (Å²) in [6, 6.07) is 20.4. The second kappa shape index (κ2) is 10.6. The monoisotopic (exact) mass is 450 g/mol. The summed E-state index contributed by atoms with van der Waals surface area (Å²) < 4.78 is 5.67. The topological polar surface area (TPSA) is 84.5 Å². The smallest absolute Gasteiger partial charge is 0.259 e. The first-order chi connectivity index (χ1) is 15.3. The predicted molar refractivity (Wildman–Crippen MR) is 124 cm³/mol. The van der Waals surface area contributed by atoms with E-state index in [1.54, 1.807) is 48.5 Å². The number of Topliss-reactive ketones (excluding diaryl/α,β-unsaturated/α-hetero) is 1. The number of anilines is 1. The quantitative estimate of drug-likeness (QED) is 0.470. The van der Waals surface area contributed by atoms with Crippen LogP contribution in [0.5, 0.6) is 5.75 Å². The molecule has 0 saturated carbocycles. The van der Waals surface area contributed by atoms with E-state index in [1.165, 1.54) is 13.0 Å². The molecule has 2 N–H and O–H groups in total. The normalized spacial score (nSPS) is 11.3. The third kappa shape index (κ3) is 6.18. The highest BCUT2D eigenvalue weighted by molar-refractivity contribution is 6.31. The van der Waals surface area contributed by atoms with Gasteiger partial charge in [0.25, 0.3) is 5.91 Å². The first-order valence-corrected chi connectivity index (χ1v) is 10.4. The van der Waals surface area contributed by atoms with Gasteiger partial charge in [0.1, 0.15) is 5.75 Å². The molecule has 6 nitrogen and oxygen atoms in total. The van der Waals surface area contributed by atoms with Crippen molar-refractivity contribution in [2.75, 3.05) is 11.9 Å². The predicted octanol–water partition coefficient (Wildman–Crippen LogP) is 5.05. The molecule has 3 rings (SSSR count). The number of carbonyl (C=O) groups is 3. The second-order valence-corrected chi connectivity index (χ2v) is 7.65. The van der Waals surface area contributed by atoms with E-state index in [0.717, 1.165) is 5.56 Å². The molecule has 1 unspecified atom stereocenters. The molecule has 0 fully saturated rings. The molecular formula is C25H23ClN2O4. The van der Waals surface area contributed by atoms with Gasteiger partial charge in [0, 0.05) is 23.2 Å². The zero-order valence-corrected chi connectivity index (χ0v) is 18.5. The maximum atomic E-state index is 12.7. The third-order valence-electron chi connectivity index (χ3n) is 4.73. The molecule has 0 aromatic heterocycles. The maximum Gasteiger partial charge on any atom is 0.259 e. The van der Waals surface area contributed by atoms with Crippen molar-refractivity contribution in [2.24, 2.45) is 0 Å². The number of carbonyl (C=O) groups excluding carboxylic acids is 3. The van der Waals surface area contributed by atoms with Gasteiger partial charge in [-0.3, -0.25) is 14.4 Å². The average Bonchev–Trinajstić information content (AvgIpc) is 2.78. The van der Waals surface area contributed by atoms with E-state index in [1.807, 2.05) is 25.1 Å². The number of ketones is 1. The Labute approximate surface area is 191 Å². The van der Waals surface area contributed by atoms with Crippen LogP contribution in [0.1, 0.15) is 46.2 Å². The summed E-state index contributed by atoms with van der Waals surface area (Å²) >= 11 is 6.07. The standard InChI is InChI=1S/C25H23ClN2O4/c1-16(27-17(2)29)18-8-10-19(11-9-18)23(30)15-32-24-13-12-20(26)14-22(24)25(31)28-21-6-4-3-5-7-21/h3-14,16H,15H2,1-2H3,(H,27,29)(H,28,31). The van der Waals surface area contributed by atoms with Crippen molar-refractivity contribution in [1.29, 1.82) is 0 Å². The number of amides is 2. The highest BCUT2D eigenvalue weighted by atomic mass is 35.5. The molecule has 0 spiro atoms. The van der Waals surface area contributed by atoms with Gasteiger partial charge in [-0.25, -0.2) is 0 Å². The molecule has 32 heavy (non-hydrogen) atoms. The largest absolute Gasteiger partial charge is 0.485 e. The lowest BCUT2D eigenvalue weighted by molar-refractivity contribution is -0.119. The second-order valence-electron chi connectivity index (χ2n) is 7.22. The van der Waals surface area contributed by atoms with Crippen LogP contribution in [-0.4, -0.2) is 24.2 Å². The number of nitrogens with one attached hydrogen (secondary N) is 2. The van der Waals surface area contributed by atoms with Crippen molar-refractivity contribution in [3.05, 3.63) is 94.5 Å². The Hall–Kier alpha value is -3.64. The molecule has 0 aliphatic carbocycles. The lowest BCUT2D eigenvalue weighted by Crippen LogP contribution is -2.23. The van der Waals surface area contributed by atoms with Gasteiger partial charge in [-0.05, 0) is 42.8 Å². The van der Waals surface area contributed by atoms with E-state index in [2.05, 4.69) is 10.6 Å². The van der Waals surface area contributed by atoms with E-state index in [9.17, 15) is 14.4 Å². The van der Waals surface area contributed by atoms with Crippen LogP contribution < -0.4 is 15.4 Å². The maximum absolute atomic E-state index is 12.7. The fourth-order valence-corrected chi connectivity index (χ4v) is 3.27. The highest BCUT2D eigenvalue weighted by Gasteiger charge is 2.16. The zero-order chi connectivity index (χ0) is 23.1. The summed E-state index contributed by atoms with van der Waals surface area (Å²) in [4.78, 5) is 36.5. The first-order valence-electron chi connectivity index (χ1n) is 10.0. The van der Waals surface area contributed by atoms with Crippen LogP contribution in [0.4, 0.5) is 5.69 Å². The number of para-hydroxylation sites is 1. The van der Waals surface area contributed by atoms with Gasteiger partial charge in [-0.2, -0.15) is 0 Å². The van der Waals surface area contributed by atoms with Gasteiger partial charge >= 0.3 is 0 Å². The number of ether oxygens (including phenoxy) is 1. The molecule has 7 heteroatoms. The number of rotatable bonds is 8. The minimum absolute atomic E-state index is 0.124. The van der Waals surface area contributed by atoms with E-state index >= 15 is 0 Å². The average molecular weight is 451 g/mol. The minimum atomic E-state index is -0.391. The molecular weight excluding hydrogens is 428 g/mol. The van der Waals surface area contributed by atoms with Crippen LogP contribution in [0.25, 0.3) is 0 Å². The molecule has 0 heterocycles. The van der Waals surface area contributed by atoms with Gasteiger partial charge in [0.05, 0.1) is 11.6 Å². The lowest BCUT2D eigenvalue weighted by Gasteiger charge is -2.14. The van der Waals surface area contributed by atoms with Crippen molar-refractivity contribution >= 4 is 34.9 Å². The Balaban J connectivity index is 1.68. The van der Waals surface area contributed by atoms with Crippen LogP contribution in [-0.2, 0) is 4.79 Å². The van der Waals surface area contributed by atoms with E-state index in [4.69, 9.17) is 16.3 Å². The molecule has 0 saturated heterocycles. The molecule has 0 bridgehead atoms. The van der Waals surface area contributed by atoms with Crippen molar-refractivity contribution in [1.82, 2.24) is 5.32 Å². The van der Waals surface area contributed by atoms with Crippen molar-refractivity contribution < 1.29 is 19.1 Å².